The summed E-state index contributed by atoms with van der Waals surface area (Å²) in [7, 11) is 0. The van der Waals surface area contributed by atoms with Crippen molar-refractivity contribution in [2.24, 2.45) is 5.90 Å². The third-order valence-corrected chi connectivity index (χ3v) is 0.267. The quantitative estimate of drug-likeness (QED) is 0.259. The zero-order chi connectivity index (χ0) is 6.57. The van der Waals surface area contributed by atoms with Crippen molar-refractivity contribution in [1.29, 1.82) is 0 Å². The van der Waals surface area contributed by atoms with Crippen LogP contribution in [0.15, 0.2) is 0 Å². The standard InChI is InChI=1S/C2H3NO5/c3-8-2(6)7-1(4)5/h3H2,(H,4,5). The minimum Gasteiger partial charge on any atom is -0.449 e. The fraction of sp³-hybridized carbons (Fsp3) is 0. The largest absolute Gasteiger partial charge is 0.537 e. The topological polar surface area (TPSA) is 98.9 Å². The molecule has 6 heteroatoms. The third kappa shape index (κ3) is 2.91. The van der Waals surface area contributed by atoms with Crippen LogP contribution in [-0.2, 0) is 9.57 Å². The predicted molar refractivity (Wildman–Crippen MR) is 19.8 cm³/mol. The van der Waals surface area contributed by atoms with Crippen molar-refractivity contribution in [3.63, 3.8) is 0 Å². The zero-order valence-electron chi connectivity index (χ0n) is 3.66. The maximum absolute atomic E-state index is 9.67. The van der Waals surface area contributed by atoms with E-state index >= 15 is 0 Å². The number of hydrogen-bond acceptors (Lipinski definition) is 5. The summed E-state index contributed by atoms with van der Waals surface area (Å²) in [4.78, 5) is 22.4. The summed E-state index contributed by atoms with van der Waals surface area (Å²) in [6.45, 7) is 0. The lowest BCUT2D eigenvalue weighted by Crippen LogP contribution is -2.14. The van der Waals surface area contributed by atoms with Gasteiger partial charge in [-0.1, -0.05) is 0 Å². The highest BCUT2D eigenvalue weighted by Crippen LogP contribution is 1.78. The number of carbonyl (C=O) groups is 2. The maximum atomic E-state index is 9.67. The van der Waals surface area contributed by atoms with E-state index in [0.29, 0.717) is 0 Å². The third-order valence-electron chi connectivity index (χ3n) is 0.267. The Morgan fingerprint density at radius 1 is 1.50 bits per heavy atom. The Bertz CT molecular complexity index is 109. The van der Waals surface area contributed by atoms with Gasteiger partial charge in [0.25, 0.3) is 0 Å². The molecule has 0 aliphatic rings. The van der Waals surface area contributed by atoms with Crippen LogP contribution in [0.3, 0.4) is 0 Å². The first kappa shape index (κ1) is 6.70. The Morgan fingerprint density at radius 3 is 2.12 bits per heavy atom. The van der Waals surface area contributed by atoms with Gasteiger partial charge in [-0.05, 0) is 0 Å². The number of carbonyl (C=O) groups excluding carboxylic acids is 1. The van der Waals surface area contributed by atoms with E-state index in [2.05, 4.69) is 15.5 Å². The van der Waals surface area contributed by atoms with Crippen LogP contribution in [0.5, 0.6) is 0 Å². The summed E-state index contributed by atoms with van der Waals surface area (Å²) >= 11 is 0. The average molecular weight is 121 g/mol. The van der Waals surface area contributed by atoms with Crippen LogP contribution in [0.1, 0.15) is 0 Å². The normalized spacial score (nSPS) is 7.62. The molecule has 0 unspecified atom stereocenters. The van der Waals surface area contributed by atoms with Crippen molar-refractivity contribution >= 4 is 12.3 Å². The molecule has 0 aliphatic carbocycles. The first-order valence-electron chi connectivity index (χ1n) is 1.48. The molecule has 8 heavy (non-hydrogen) atoms. The lowest BCUT2D eigenvalue weighted by molar-refractivity contribution is 0.0545. The Balaban J connectivity index is 3.40. The number of nitrogens with two attached hydrogens (primary N) is 1. The van der Waals surface area contributed by atoms with Crippen molar-refractivity contribution in [2.45, 2.75) is 0 Å². The lowest BCUT2D eigenvalue weighted by Gasteiger charge is -1.90. The fourth-order valence-corrected chi connectivity index (χ4v) is 0.0953. The molecule has 0 saturated carbocycles. The van der Waals surface area contributed by atoms with Crippen molar-refractivity contribution in [2.75, 3.05) is 0 Å². The highest BCUT2D eigenvalue weighted by Gasteiger charge is 2.06. The molecule has 0 aliphatic heterocycles. The Hall–Kier alpha value is -1.30. The number of carboxylic acid groups (broad SMARTS) is 1. The molecule has 0 radical (unpaired) electrons. The van der Waals surface area contributed by atoms with Gasteiger partial charge in [0.1, 0.15) is 0 Å². The smallest absolute Gasteiger partial charge is 0.449 e. The molecule has 0 fully saturated rings. The highest BCUT2D eigenvalue weighted by atomic mass is 16.8. The Labute approximate surface area is 43.7 Å². The van der Waals surface area contributed by atoms with Gasteiger partial charge in [0.15, 0.2) is 0 Å². The second-order valence-corrected chi connectivity index (χ2v) is 0.736. The SMILES string of the molecule is NOC(=O)OC(=O)O. The molecule has 0 spiro atoms. The van der Waals surface area contributed by atoms with E-state index in [1.54, 1.807) is 0 Å². The van der Waals surface area contributed by atoms with Crippen molar-refractivity contribution in [1.82, 2.24) is 0 Å². The maximum Gasteiger partial charge on any atom is 0.537 e. The molecule has 0 atom stereocenters. The molecule has 0 bridgehead atoms. The van der Waals surface area contributed by atoms with Gasteiger partial charge in [0, 0.05) is 0 Å². The molecular weight excluding hydrogens is 118 g/mol. The van der Waals surface area contributed by atoms with Crippen LogP contribution in [0, 0.1) is 0 Å². The van der Waals surface area contributed by atoms with Crippen LogP contribution in [0.4, 0.5) is 9.59 Å². The summed E-state index contributed by atoms with van der Waals surface area (Å²) in [6, 6.07) is 0. The van der Waals surface area contributed by atoms with Crippen LogP contribution < -0.4 is 5.90 Å². The highest BCUT2D eigenvalue weighted by molar-refractivity contribution is 5.75. The van der Waals surface area contributed by atoms with Gasteiger partial charge in [-0.25, -0.2) is 9.59 Å². The molecule has 0 saturated heterocycles. The molecule has 0 aromatic rings. The van der Waals surface area contributed by atoms with Crippen LogP contribution in [0.25, 0.3) is 0 Å². The van der Waals surface area contributed by atoms with Gasteiger partial charge in [0.05, 0.1) is 0 Å². The molecule has 0 heterocycles. The molecule has 0 amide bonds. The molecule has 0 aromatic heterocycles. The molecule has 46 valence electrons. The lowest BCUT2D eigenvalue weighted by atomic mass is 11.3. The van der Waals surface area contributed by atoms with Crippen LogP contribution in [0.2, 0.25) is 0 Å². The molecule has 6 nitrogen and oxygen atoms in total. The van der Waals surface area contributed by atoms with Gasteiger partial charge in [-0.2, -0.15) is 5.90 Å². The Kier molecular flexibility index (Phi) is 2.35. The van der Waals surface area contributed by atoms with E-state index in [0.717, 1.165) is 0 Å². The molecule has 0 aromatic carbocycles. The second kappa shape index (κ2) is 2.80. The van der Waals surface area contributed by atoms with E-state index in [9.17, 15) is 9.59 Å². The minimum absolute atomic E-state index is 1.45. The van der Waals surface area contributed by atoms with Crippen molar-refractivity contribution in [3.05, 3.63) is 0 Å². The van der Waals surface area contributed by atoms with E-state index in [4.69, 9.17) is 5.11 Å². The molecular formula is C2H3NO5. The van der Waals surface area contributed by atoms with Crippen molar-refractivity contribution in [3.8, 4) is 0 Å². The van der Waals surface area contributed by atoms with Crippen LogP contribution >= 0.6 is 0 Å². The summed E-state index contributed by atoms with van der Waals surface area (Å²) < 4.78 is 3.33. The zero-order valence-corrected chi connectivity index (χ0v) is 3.66. The average Bonchev–Trinajstić information content (AvgIpc) is 1.65. The second-order valence-electron chi connectivity index (χ2n) is 0.736. The number of rotatable bonds is 0. The van der Waals surface area contributed by atoms with E-state index in [1.807, 2.05) is 0 Å². The Morgan fingerprint density at radius 2 is 2.00 bits per heavy atom. The first-order chi connectivity index (χ1) is 3.66. The van der Waals surface area contributed by atoms with Gasteiger partial charge in [-0.15, -0.1) is 0 Å². The van der Waals surface area contributed by atoms with E-state index < -0.39 is 12.3 Å². The van der Waals surface area contributed by atoms with Gasteiger partial charge in [0.2, 0.25) is 0 Å². The van der Waals surface area contributed by atoms with E-state index in [-0.39, 0.29) is 0 Å². The van der Waals surface area contributed by atoms with Gasteiger partial charge < -0.3 is 14.7 Å². The monoisotopic (exact) mass is 121 g/mol. The number of ether oxygens (including phenoxy) is 1. The van der Waals surface area contributed by atoms with E-state index in [1.165, 1.54) is 0 Å². The van der Waals surface area contributed by atoms with Gasteiger partial charge >= 0.3 is 12.3 Å². The fourth-order valence-electron chi connectivity index (χ4n) is 0.0953. The molecule has 0 rings (SSSR count). The van der Waals surface area contributed by atoms with Gasteiger partial charge in [-0.3, -0.25) is 0 Å². The molecule has 3 N–H and O–H groups in total. The first-order valence-corrected chi connectivity index (χ1v) is 1.48. The summed E-state index contributed by atoms with van der Waals surface area (Å²) in [5, 5.41) is 7.64. The minimum atomic E-state index is -1.75. The summed E-state index contributed by atoms with van der Waals surface area (Å²) in [5.74, 6) is 4.18. The summed E-state index contributed by atoms with van der Waals surface area (Å²) in [6.07, 6.45) is -3.20. The predicted octanol–water partition coefficient (Wildman–Crippen LogP) is -0.309. The van der Waals surface area contributed by atoms with Crippen LogP contribution in [-0.4, -0.2) is 17.4 Å². The van der Waals surface area contributed by atoms with Crippen molar-refractivity contribution < 1.29 is 24.3 Å². The number of hydrogen-bond donors (Lipinski definition) is 2. The summed E-state index contributed by atoms with van der Waals surface area (Å²) in [5.41, 5.74) is 0.